The fraction of sp³-hybridized carbons (Fsp3) is 0.350. The molecule has 0 radical (unpaired) electrons. The van der Waals surface area contributed by atoms with Gasteiger partial charge in [-0.2, -0.15) is 9.52 Å². The van der Waals surface area contributed by atoms with Crippen LogP contribution in [0.3, 0.4) is 0 Å². The summed E-state index contributed by atoms with van der Waals surface area (Å²) in [4.78, 5) is 0. The summed E-state index contributed by atoms with van der Waals surface area (Å²) in [7, 11) is -0.346. The molecule has 0 fully saturated rings. The number of rotatable bonds is 6. The van der Waals surface area contributed by atoms with Gasteiger partial charge in [-0.25, -0.2) is 8.42 Å². The Morgan fingerprint density at radius 3 is 2.15 bits per heavy atom. The minimum Gasteiger partial charge on any atom is -0.497 e. The maximum Gasteiger partial charge on any atom is 0.247 e. The minimum atomic E-state index is -3.50. The molecule has 0 saturated heterocycles. The number of benzene rings is 2. The number of hydrogen-bond acceptors (Lipinski definition) is 5. The number of sulfonamides is 1. The highest BCUT2D eigenvalue weighted by Gasteiger charge is 2.34. The van der Waals surface area contributed by atoms with Crippen LogP contribution < -0.4 is 9.47 Å². The lowest BCUT2D eigenvalue weighted by Gasteiger charge is -2.21. The number of methoxy groups -OCH3 is 2. The molecule has 0 aliphatic carbocycles. The predicted octanol–water partition coefficient (Wildman–Crippen LogP) is 3.38. The van der Waals surface area contributed by atoms with Crippen molar-refractivity contribution in [1.29, 1.82) is 0 Å². The summed E-state index contributed by atoms with van der Waals surface area (Å²) in [6, 6.07) is 13.1. The van der Waals surface area contributed by atoms with Crippen LogP contribution in [-0.2, 0) is 16.4 Å². The molecule has 3 rings (SSSR count). The predicted molar refractivity (Wildman–Crippen MR) is 106 cm³/mol. The normalized spacial score (nSPS) is 17.0. The van der Waals surface area contributed by atoms with Crippen LogP contribution >= 0.6 is 0 Å². The Hall–Kier alpha value is -2.54. The third kappa shape index (κ3) is 4.08. The third-order valence-electron chi connectivity index (χ3n) is 4.67. The van der Waals surface area contributed by atoms with E-state index in [0.29, 0.717) is 23.6 Å². The van der Waals surface area contributed by atoms with Gasteiger partial charge in [0.15, 0.2) is 0 Å². The fourth-order valence-corrected chi connectivity index (χ4v) is 4.07. The van der Waals surface area contributed by atoms with Crippen LogP contribution in [0.1, 0.15) is 36.1 Å². The third-order valence-corrected chi connectivity index (χ3v) is 5.69. The van der Waals surface area contributed by atoms with Crippen LogP contribution in [0.5, 0.6) is 11.5 Å². The Morgan fingerprint density at radius 2 is 1.67 bits per heavy atom. The average Bonchev–Trinajstić information content (AvgIpc) is 3.13. The molecule has 0 bridgehead atoms. The second-order valence-electron chi connectivity index (χ2n) is 6.50. The Labute approximate surface area is 160 Å². The molecule has 0 saturated carbocycles. The highest BCUT2D eigenvalue weighted by atomic mass is 32.2. The highest BCUT2D eigenvalue weighted by molar-refractivity contribution is 7.88. The lowest BCUT2D eigenvalue weighted by Crippen LogP contribution is -2.25. The lowest BCUT2D eigenvalue weighted by atomic mass is 9.97. The van der Waals surface area contributed by atoms with Gasteiger partial charge in [-0.3, -0.25) is 0 Å². The number of hydrogen-bond donors (Lipinski definition) is 0. The van der Waals surface area contributed by atoms with E-state index in [0.717, 1.165) is 17.5 Å². The maximum absolute atomic E-state index is 12.3. The molecule has 1 atom stereocenters. The second-order valence-corrected chi connectivity index (χ2v) is 8.34. The van der Waals surface area contributed by atoms with Gasteiger partial charge in [0, 0.05) is 18.1 Å². The zero-order valence-corrected chi connectivity index (χ0v) is 16.8. The standard InChI is InChI=1S/C20H24N2O4S/c1-5-14-6-8-15(9-7-14)20-13-19(21-22(20)27(4,23)24)16-10-17(25-2)12-18(11-16)26-3/h6-12,20H,5,13H2,1-4H3/t20-/m1/s1. The van der Waals surface area contributed by atoms with Crippen molar-refractivity contribution < 1.29 is 17.9 Å². The zero-order chi connectivity index (χ0) is 19.6. The SMILES string of the molecule is CCc1ccc([C@H]2CC(c3cc(OC)cc(OC)c3)=NN2S(C)(=O)=O)cc1. The van der Waals surface area contributed by atoms with Crippen LogP contribution in [0.4, 0.5) is 0 Å². The first-order valence-electron chi connectivity index (χ1n) is 8.75. The van der Waals surface area contributed by atoms with Gasteiger partial charge >= 0.3 is 0 Å². The molecule has 7 heteroatoms. The van der Waals surface area contributed by atoms with E-state index >= 15 is 0 Å². The minimum absolute atomic E-state index is 0.363. The van der Waals surface area contributed by atoms with Gasteiger partial charge in [-0.05, 0) is 29.7 Å². The van der Waals surface area contributed by atoms with Crippen molar-refractivity contribution in [3.8, 4) is 11.5 Å². The second kappa shape index (κ2) is 7.60. The summed E-state index contributed by atoms with van der Waals surface area (Å²) in [6.07, 6.45) is 2.60. The molecule has 0 unspecified atom stereocenters. The van der Waals surface area contributed by atoms with E-state index < -0.39 is 10.0 Å². The first kappa shape index (κ1) is 19.2. The molecule has 6 nitrogen and oxygen atoms in total. The number of ether oxygens (including phenoxy) is 2. The van der Waals surface area contributed by atoms with Crippen LogP contribution in [0.2, 0.25) is 0 Å². The molecule has 2 aromatic rings. The highest BCUT2D eigenvalue weighted by Crippen LogP contribution is 2.36. The van der Waals surface area contributed by atoms with Gasteiger partial charge in [-0.15, -0.1) is 0 Å². The molecule has 1 aliphatic heterocycles. The van der Waals surface area contributed by atoms with Gasteiger partial charge in [0.05, 0.1) is 32.2 Å². The molecule has 0 spiro atoms. The molecule has 0 aromatic heterocycles. The first-order chi connectivity index (χ1) is 12.9. The lowest BCUT2D eigenvalue weighted by molar-refractivity contribution is 0.375. The Morgan fingerprint density at radius 1 is 1.07 bits per heavy atom. The van der Waals surface area contributed by atoms with Crippen LogP contribution in [0.25, 0.3) is 0 Å². The number of nitrogens with zero attached hydrogens (tertiary/aromatic N) is 2. The van der Waals surface area contributed by atoms with E-state index in [1.54, 1.807) is 20.3 Å². The summed E-state index contributed by atoms with van der Waals surface area (Å²) in [5.74, 6) is 1.27. The summed E-state index contributed by atoms with van der Waals surface area (Å²) < 4.78 is 36.5. The van der Waals surface area contributed by atoms with Crippen LogP contribution in [0, 0.1) is 0 Å². The quantitative estimate of drug-likeness (QED) is 0.761. The van der Waals surface area contributed by atoms with Crippen molar-refractivity contribution in [3.05, 3.63) is 59.2 Å². The van der Waals surface area contributed by atoms with E-state index in [9.17, 15) is 8.42 Å². The largest absolute Gasteiger partial charge is 0.497 e. The van der Waals surface area contributed by atoms with Crippen LogP contribution in [0.15, 0.2) is 47.6 Å². The molecule has 144 valence electrons. The van der Waals surface area contributed by atoms with E-state index in [1.165, 1.54) is 16.2 Å². The van der Waals surface area contributed by atoms with E-state index in [1.807, 2.05) is 36.4 Å². The van der Waals surface area contributed by atoms with Crippen molar-refractivity contribution in [2.75, 3.05) is 20.5 Å². The summed E-state index contributed by atoms with van der Waals surface area (Å²) in [6.45, 7) is 2.09. The number of aryl methyl sites for hydroxylation is 1. The summed E-state index contributed by atoms with van der Waals surface area (Å²) in [5.41, 5.74) is 3.60. The summed E-state index contributed by atoms with van der Waals surface area (Å²) in [5, 5.41) is 4.43. The molecular weight excluding hydrogens is 364 g/mol. The average molecular weight is 388 g/mol. The van der Waals surface area contributed by atoms with Crippen molar-refractivity contribution >= 4 is 15.7 Å². The molecule has 0 amide bonds. The van der Waals surface area contributed by atoms with E-state index in [-0.39, 0.29) is 6.04 Å². The number of hydrazone groups is 1. The smallest absolute Gasteiger partial charge is 0.247 e. The van der Waals surface area contributed by atoms with Gasteiger partial charge in [0.25, 0.3) is 0 Å². The van der Waals surface area contributed by atoms with Crippen molar-refractivity contribution in [1.82, 2.24) is 4.41 Å². The Balaban J connectivity index is 2.01. The molecule has 1 aliphatic rings. The Bertz CT molecular complexity index is 930. The topological polar surface area (TPSA) is 68.2 Å². The Kier molecular flexibility index (Phi) is 5.41. The van der Waals surface area contributed by atoms with Gasteiger partial charge in [-0.1, -0.05) is 31.2 Å². The van der Waals surface area contributed by atoms with Crippen molar-refractivity contribution in [2.24, 2.45) is 5.10 Å². The first-order valence-corrected chi connectivity index (χ1v) is 10.6. The van der Waals surface area contributed by atoms with Crippen LogP contribution in [-0.4, -0.2) is 39.0 Å². The fourth-order valence-electron chi connectivity index (χ4n) is 3.17. The molecule has 2 aromatic carbocycles. The zero-order valence-electron chi connectivity index (χ0n) is 16.0. The van der Waals surface area contributed by atoms with Gasteiger partial charge in [0.2, 0.25) is 10.0 Å². The summed E-state index contributed by atoms with van der Waals surface area (Å²) >= 11 is 0. The van der Waals surface area contributed by atoms with Gasteiger partial charge < -0.3 is 9.47 Å². The molecule has 0 N–H and O–H groups in total. The maximum atomic E-state index is 12.3. The molecule has 27 heavy (non-hydrogen) atoms. The molecular formula is C20H24N2O4S. The monoisotopic (exact) mass is 388 g/mol. The van der Waals surface area contributed by atoms with Gasteiger partial charge in [0.1, 0.15) is 11.5 Å². The van der Waals surface area contributed by atoms with Crippen molar-refractivity contribution in [3.63, 3.8) is 0 Å². The molecule has 1 heterocycles. The van der Waals surface area contributed by atoms with E-state index in [4.69, 9.17) is 9.47 Å². The van der Waals surface area contributed by atoms with E-state index in [2.05, 4.69) is 12.0 Å². The van der Waals surface area contributed by atoms with Crippen molar-refractivity contribution in [2.45, 2.75) is 25.8 Å².